The Hall–Kier alpha value is -3.68. The molecule has 0 amide bonds. The summed E-state index contributed by atoms with van der Waals surface area (Å²) < 4.78 is 21.1. The number of carboxylic acid groups (broad SMARTS) is 2. The Kier molecular flexibility index (Phi) is 4.52. The highest BCUT2D eigenvalue weighted by atomic mass is 16.7. The Morgan fingerprint density at radius 1 is 0.893 bits per heavy atom. The number of hydrogen-bond donors (Lipinski definition) is 2. The molecule has 0 radical (unpaired) electrons. The fourth-order valence-electron chi connectivity index (χ4n) is 3.13. The maximum absolute atomic E-state index is 11.9. The molecule has 0 saturated carbocycles. The van der Waals surface area contributed by atoms with Gasteiger partial charge in [0.2, 0.25) is 13.6 Å². The fraction of sp³-hybridized carbons (Fsp3) is 0.200. The van der Waals surface area contributed by atoms with Crippen molar-refractivity contribution in [1.29, 1.82) is 0 Å². The monoisotopic (exact) mass is 384 g/mol. The van der Waals surface area contributed by atoms with Crippen molar-refractivity contribution in [1.82, 2.24) is 0 Å². The van der Waals surface area contributed by atoms with Gasteiger partial charge in [-0.1, -0.05) is 12.1 Å². The lowest BCUT2D eigenvalue weighted by molar-refractivity contribution is -0.143. The van der Waals surface area contributed by atoms with Gasteiger partial charge in [0.1, 0.15) is 0 Å². The van der Waals surface area contributed by atoms with E-state index in [1.54, 1.807) is 36.4 Å². The van der Waals surface area contributed by atoms with Crippen LogP contribution >= 0.6 is 0 Å². The smallest absolute Gasteiger partial charge is 0.332 e. The topological polar surface area (TPSA) is 112 Å². The van der Waals surface area contributed by atoms with Crippen molar-refractivity contribution >= 4 is 18.0 Å². The molecule has 2 aliphatic rings. The molecule has 144 valence electrons. The van der Waals surface area contributed by atoms with Crippen LogP contribution in [-0.2, 0) is 16.0 Å². The van der Waals surface area contributed by atoms with Gasteiger partial charge in [0.15, 0.2) is 23.0 Å². The lowest BCUT2D eigenvalue weighted by Gasteiger charge is -2.14. The summed E-state index contributed by atoms with van der Waals surface area (Å²) in [6, 6.07) is 9.96. The van der Waals surface area contributed by atoms with Crippen molar-refractivity contribution < 1.29 is 38.7 Å². The normalized spacial score (nSPS) is 15.4. The lowest BCUT2D eigenvalue weighted by atomic mass is 9.90. The third kappa shape index (κ3) is 3.44. The molecular formula is C20H16O8. The van der Waals surface area contributed by atoms with E-state index in [1.807, 2.05) is 0 Å². The van der Waals surface area contributed by atoms with Gasteiger partial charge < -0.3 is 29.2 Å². The molecule has 0 spiro atoms. The second kappa shape index (κ2) is 7.15. The van der Waals surface area contributed by atoms with Crippen LogP contribution in [0.4, 0.5) is 0 Å². The van der Waals surface area contributed by atoms with Gasteiger partial charge in [0.05, 0.1) is 11.5 Å². The average Bonchev–Trinajstić information content (AvgIpc) is 3.32. The molecule has 8 heteroatoms. The number of carbonyl (C=O) groups is 2. The van der Waals surface area contributed by atoms with Crippen LogP contribution in [0.15, 0.2) is 42.0 Å². The van der Waals surface area contributed by atoms with Gasteiger partial charge in [-0.15, -0.1) is 0 Å². The molecule has 2 heterocycles. The molecule has 2 aromatic rings. The second-order valence-electron chi connectivity index (χ2n) is 6.30. The summed E-state index contributed by atoms with van der Waals surface area (Å²) in [5, 5.41) is 19.3. The van der Waals surface area contributed by atoms with E-state index < -0.39 is 17.9 Å². The van der Waals surface area contributed by atoms with E-state index in [1.165, 1.54) is 6.08 Å². The molecule has 0 saturated heterocycles. The average molecular weight is 384 g/mol. The van der Waals surface area contributed by atoms with Gasteiger partial charge in [0.25, 0.3) is 0 Å². The van der Waals surface area contributed by atoms with Crippen molar-refractivity contribution in [2.75, 3.05) is 13.6 Å². The Morgan fingerprint density at radius 3 is 2.14 bits per heavy atom. The van der Waals surface area contributed by atoms with Gasteiger partial charge in [-0.05, 0) is 47.9 Å². The minimum atomic E-state index is -1.30. The molecule has 2 aromatic carbocycles. The van der Waals surface area contributed by atoms with Crippen LogP contribution in [0.1, 0.15) is 11.1 Å². The minimum Gasteiger partial charge on any atom is -0.481 e. The first-order valence-corrected chi connectivity index (χ1v) is 8.47. The molecule has 0 aliphatic carbocycles. The third-order valence-corrected chi connectivity index (χ3v) is 4.52. The highest BCUT2D eigenvalue weighted by Crippen LogP contribution is 2.35. The Morgan fingerprint density at radius 2 is 1.50 bits per heavy atom. The summed E-state index contributed by atoms with van der Waals surface area (Å²) in [5.74, 6) is -1.64. The van der Waals surface area contributed by atoms with Gasteiger partial charge in [-0.2, -0.15) is 0 Å². The molecule has 2 aliphatic heterocycles. The van der Waals surface area contributed by atoms with Crippen molar-refractivity contribution in [2.24, 2.45) is 5.92 Å². The highest BCUT2D eigenvalue weighted by molar-refractivity contribution is 5.98. The summed E-state index contributed by atoms with van der Waals surface area (Å²) >= 11 is 0. The Bertz CT molecular complexity index is 978. The number of ether oxygens (including phenoxy) is 4. The van der Waals surface area contributed by atoms with Crippen LogP contribution in [0.25, 0.3) is 6.08 Å². The zero-order valence-corrected chi connectivity index (χ0v) is 14.6. The van der Waals surface area contributed by atoms with Gasteiger partial charge in [0, 0.05) is 0 Å². The van der Waals surface area contributed by atoms with Crippen molar-refractivity contribution in [3.05, 3.63) is 53.1 Å². The minimum absolute atomic E-state index is 0.00530. The van der Waals surface area contributed by atoms with Crippen LogP contribution < -0.4 is 18.9 Å². The Labute approximate surface area is 159 Å². The molecule has 0 fully saturated rings. The predicted octanol–water partition coefficient (Wildman–Crippen LogP) is 2.56. The van der Waals surface area contributed by atoms with E-state index in [-0.39, 0.29) is 25.6 Å². The summed E-state index contributed by atoms with van der Waals surface area (Å²) in [5.41, 5.74) is 0.914. The first kappa shape index (κ1) is 17.7. The third-order valence-electron chi connectivity index (χ3n) is 4.52. The number of benzene rings is 2. The van der Waals surface area contributed by atoms with Gasteiger partial charge in [-0.25, -0.2) is 4.79 Å². The molecule has 28 heavy (non-hydrogen) atoms. The number of rotatable bonds is 6. The van der Waals surface area contributed by atoms with Crippen LogP contribution in [0.2, 0.25) is 0 Å². The van der Waals surface area contributed by atoms with E-state index in [2.05, 4.69) is 0 Å². The molecule has 2 N–H and O–H groups in total. The number of hydrogen-bond acceptors (Lipinski definition) is 6. The standard InChI is InChI=1S/C20H16O8/c21-19(22)13(5-11-1-3-15-17(7-11)27-9-25-15)14(20(23)24)6-12-2-4-16-18(8-12)28-10-26-16/h1-5,7-8,14H,6,9-10H2,(H,21,22)(H,23,24)/b13-5+/t14-/m1/s1. The SMILES string of the molecule is O=C(O)/C(=C/c1ccc2c(c1)OCO2)[C@@H](Cc1ccc2c(c1)OCO2)C(=O)O. The summed E-state index contributed by atoms with van der Waals surface area (Å²) in [7, 11) is 0. The zero-order valence-electron chi connectivity index (χ0n) is 14.6. The van der Waals surface area contributed by atoms with Crippen LogP contribution in [0, 0.1) is 5.92 Å². The number of carboxylic acids is 2. The van der Waals surface area contributed by atoms with E-state index >= 15 is 0 Å². The maximum Gasteiger partial charge on any atom is 0.332 e. The van der Waals surface area contributed by atoms with Crippen LogP contribution in [0.5, 0.6) is 23.0 Å². The molecule has 1 atom stereocenters. The number of aliphatic carboxylic acids is 2. The summed E-state index contributed by atoms with van der Waals surface area (Å²) in [6.45, 7) is 0.196. The van der Waals surface area contributed by atoms with Crippen LogP contribution in [0.3, 0.4) is 0 Å². The van der Waals surface area contributed by atoms with Crippen molar-refractivity contribution in [3.8, 4) is 23.0 Å². The molecule has 8 nitrogen and oxygen atoms in total. The summed E-state index contributed by atoms with van der Waals surface area (Å²) in [6.07, 6.45) is 1.34. The fourth-order valence-corrected chi connectivity index (χ4v) is 3.13. The molecular weight excluding hydrogens is 368 g/mol. The van der Waals surface area contributed by atoms with E-state index in [4.69, 9.17) is 18.9 Å². The maximum atomic E-state index is 11.9. The van der Waals surface area contributed by atoms with Crippen LogP contribution in [-0.4, -0.2) is 35.7 Å². The molecule has 4 rings (SSSR count). The summed E-state index contributed by atoms with van der Waals surface area (Å²) in [4.78, 5) is 23.7. The zero-order chi connectivity index (χ0) is 19.7. The first-order valence-electron chi connectivity index (χ1n) is 8.47. The van der Waals surface area contributed by atoms with E-state index in [9.17, 15) is 19.8 Å². The van der Waals surface area contributed by atoms with Gasteiger partial charge >= 0.3 is 11.9 Å². The predicted molar refractivity (Wildman–Crippen MR) is 95.6 cm³/mol. The van der Waals surface area contributed by atoms with Crippen molar-refractivity contribution in [3.63, 3.8) is 0 Å². The second-order valence-corrected chi connectivity index (χ2v) is 6.30. The molecule has 0 unspecified atom stereocenters. The number of fused-ring (bicyclic) bond motifs is 2. The highest BCUT2D eigenvalue weighted by Gasteiger charge is 2.29. The Balaban J connectivity index is 1.65. The quantitative estimate of drug-likeness (QED) is 0.731. The largest absolute Gasteiger partial charge is 0.481 e. The molecule has 0 bridgehead atoms. The molecule has 0 aromatic heterocycles. The van der Waals surface area contributed by atoms with E-state index in [0.717, 1.165) is 0 Å². The van der Waals surface area contributed by atoms with E-state index in [0.29, 0.717) is 34.1 Å². The van der Waals surface area contributed by atoms with Gasteiger partial charge in [-0.3, -0.25) is 4.79 Å². The van der Waals surface area contributed by atoms with Crippen molar-refractivity contribution in [2.45, 2.75) is 6.42 Å². The lowest BCUT2D eigenvalue weighted by Crippen LogP contribution is -2.23. The first-order chi connectivity index (χ1) is 13.5.